The highest BCUT2D eigenvalue weighted by Crippen LogP contribution is 2.43. The molecule has 0 unspecified atom stereocenters. The van der Waals surface area contributed by atoms with Crippen LogP contribution in [-0.4, -0.2) is 16.1 Å². The number of hydrogen-bond acceptors (Lipinski definition) is 2. The summed E-state index contributed by atoms with van der Waals surface area (Å²) in [6.07, 6.45) is 0. The first-order valence-corrected chi connectivity index (χ1v) is 18.6. The summed E-state index contributed by atoms with van der Waals surface area (Å²) in [5.74, 6) is 7.08. The molecule has 0 nitrogen and oxygen atoms in total. The molecule has 0 aromatic carbocycles. The maximum absolute atomic E-state index is 3.54. The van der Waals surface area contributed by atoms with Crippen molar-refractivity contribution in [3.8, 4) is 11.8 Å². The Hall–Kier alpha value is -0.606. The fourth-order valence-electron chi connectivity index (χ4n) is 7.11. The molecule has 178 valence electrons. The van der Waals surface area contributed by atoms with Gasteiger partial charge in [0.1, 0.15) is 16.1 Å². The summed E-state index contributed by atoms with van der Waals surface area (Å²) in [5, 5.41) is 0. The predicted octanol–water partition coefficient (Wildman–Crippen LogP) is 8.98. The first-order valence-electron chi connectivity index (χ1n) is 12.5. The van der Waals surface area contributed by atoms with E-state index < -0.39 is 16.1 Å². The third kappa shape index (κ3) is 4.78. The van der Waals surface area contributed by atoms with E-state index in [0.717, 1.165) is 33.2 Å². The Labute approximate surface area is 209 Å². The van der Waals surface area contributed by atoms with Crippen LogP contribution in [0.25, 0.3) is 0 Å². The Balaban J connectivity index is 2.42. The van der Waals surface area contributed by atoms with Crippen molar-refractivity contribution in [3.05, 3.63) is 34.0 Å². The number of thiophene rings is 2. The lowest BCUT2D eigenvalue weighted by molar-refractivity contribution is 0.837. The Morgan fingerprint density at radius 3 is 0.938 bits per heavy atom. The van der Waals surface area contributed by atoms with Crippen LogP contribution in [-0.2, 0) is 0 Å². The second-order valence-electron chi connectivity index (χ2n) is 11.4. The molecule has 2 rings (SSSR count). The van der Waals surface area contributed by atoms with Crippen LogP contribution in [0.4, 0.5) is 0 Å². The van der Waals surface area contributed by atoms with E-state index >= 15 is 0 Å². The molecule has 0 fully saturated rings. The molecule has 0 saturated heterocycles. The maximum Gasteiger partial charge on any atom is 0.107 e. The van der Waals surface area contributed by atoms with Crippen molar-refractivity contribution in [2.24, 2.45) is 0 Å². The molecule has 0 bridgehead atoms. The van der Waals surface area contributed by atoms with E-state index in [-0.39, 0.29) is 0 Å². The zero-order valence-corrected chi connectivity index (χ0v) is 26.2. The van der Waals surface area contributed by atoms with Crippen LogP contribution in [0, 0.1) is 11.8 Å². The van der Waals surface area contributed by atoms with Gasteiger partial charge in [-0.3, -0.25) is 0 Å². The largest absolute Gasteiger partial charge is 0.136 e. The minimum absolute atomic E-state index is 0.739. The minimum atomic E-state index is -1.59. The molecule has 32 heavy (non-hydrogen) atoms. The zero-order valence-electron chi connectivity index (χ0n) is 22.6. The van der Waals surface area contributed by atoms with Gasteiger partial charge < -0.3 is 0 Å². The van der Waals surface area contributed by atoms with E-state index in [1.54, 1.807) is 9.00 Å². The molecule has 0 N–H and O–H groups in total. The first-order chi connectivity index (χ1) is 14.8. The smallest absolute Gasteiger partial charge is 0.107 e. The van der Waals surface area contributed by atoms with E-state index in [4.69, 9.17) is 0 Å². The van der Waals surface area contributed by atoms with Crippen LogP contribution in [0.3, 0.4) is 0 Å². The van der Waals surface area contributed by atoms with E-state index in [1.165, 1.54) is 9.75 Å². The number of rotatable bonds is 8. The molecular formula is C28H46S2Si2. The monoisotopic (exact) mass is 502 g/mol. The second kappa shape index (κ2) is 10.8. The topological polar surface area (TPSA) is 0 Å². The van der Waals surface area contributed by atoms with Gasteiger partial charge in [0.2, 0.25) is 0 Å². The maximum atomic E-state index is 3.54. The van der Waals surface area contributed by atoms with Gasteiger partial charge in [-0.15, -0.1) is 22.7 Å². The molecule has 0 aliphatic rings. The van der Waals surface area contributed by atoms with Crippen LogP contribution < -0.4 is 9.00 Å². The normalized spacial score (nSPS) is 13.2. The summed E-state index contributed by atoms with van der Waals surface area (Å²) in [6.45, 7) is 29.3. The van der Waals surface area contributed by atoms with Gasteiger partial charge in [0.25, 0.3) is 0 Å². The lowest BCUT2D eigenvalue weighted by atomic mass is 10.4. The summed E-state index contributed by atoms with van der Waals surface area (Å²) < 4.78 is 3.28. The lowest BCUT2D eigenvalue weighted by Gasteiger charge is -2.42. The van der Waals surface area contributed by atoms with E-state index in [9.17, 15) is 0 Å². The van der Waals surface area contributed by atoms with Gasteiger partial charge in [-0.1, -0.05) is 95.2 Å². The van der Waals surface area contributed by atoms with Gasteiger partial charge in [0.15, 0.2) is 0 Å². The van der Waals surface area contributed by atoms with Gasteiger partial charge in [-0.2, -0.15) is 0 Å². The van der Waals surface area contributed by atoms with E-state index in [0.29, 0.717) is 0 Å². The van der Waals surface area contributed by atoms with Crippen LogP contribution in [0.1, 0.15) is 92.8 Å². The van der Waals surface area contributed by atoms with Crippen LogP contribution in [0.15, 0.2) is 24.3 Å². The zero-order chi connectivity index (χ0) is 24.4. The van der Waals surface area contributed by atoms with Crippen molar-refractivity contribution in [2.75, 3.05) is 0 Å². The molecule has 2 heterocycles. The molecule has 4 heteroatoms. The Morgan fingerprint density at radius 1 is 0.469 bits per heavy atom. The lowest BCUT2D eigenvalue weighted by Crippen LogP contribution is -2.54. The molecule has 0 saturated carbocycles. The first kappa shape index (κ1) is 27.6. The third-order valence-corrected chi connectivity index (χ3v) is 26.0. The minimum Gasteiger partial charge on any atom is -0.136 e. The van der Waals surface area contributed by atoms with Crippen molar-refractivity contribution >= 4 is 47.8 Å². The molecule has 0 radical (unpaired) electrons. The number of hydrogen-bond donors (Lipinski definition) is 0. The summed E-state index contributed by atoms with van der Waals surface area (Å²) in [6, 6.07) is 9.39. The third-order valence-electron chi connectivity index (χ3n) is 8.11. The standard InChI is InChI=1S/C28H46S2Si2/c1-19(2)31(20(3)4,21(5)6)27-17-15-25(29-27)13-14-26-16-18-28(30-26)32(22(7)8,23(9)10)24(11)12/h15-24H,1-12H3. The second-order valence-corrected chi connectivity index (χ2v) is 26.0. The molecule has 0 amide bonds. The van der Waals surface area contributed by atoms with Gasteiger partial charge in [0.05, 0.1) is 9.75 Å². The molecule has 2 aromatic rings. The highest BCUT2D eigenvalue weighted by Gasteiger charge is 2.46. The van der Waals surface area contributed by atoms with Gasteiger partial charge >= 0.3 is 0 Å². The van der Waals surface area contributed by atoms with E-state index in [2.05, 4.69) is 119 Å². The quantitative estimate of drug-likeness (QED) is 0.249. The Morgan fingerprint density at radius 2 is 0.719 bits per heavy atom. The summed E-state index contributed by atoms with van der Waals surface area (Å²) in [5.41, 5.74) is 4.43. The summed E-state index contributed by atoms with van der Waals surface area (Å²) in [7, 11) is -3.18. The average molecular weight is 503 g/mol. The average Bonchev–Trinajstić information content (AvgIpc) is 3.29. The predicted molar refractivity (Wildman–Crippen MR) is 156 cm³/mol. The van der Waals surface area contributed by atoms with Crippen LogP contribution in [0.5, 0.6) is 0 Å². The van der Waals surface area contributed by atoms with Crippen molar-refractivity contribution in [1.82, 2.24) is 0 Å². The highest BCUT2D eigenvalue weighted by atomic mass is 32.1. The van der Waals surface area contributed by atoms with Gasteiger partial charge in [-0.25, -0.2) is 0 Å². The molecule has 0 aliphatic carbocycles. The van der Waals surface area contributed by atoms with Gasteiger partial charge in [-0.05, 0) is 66.2 Å². The highest BCUT2D eigenvalue weighted by molar-refractivity contribution is 7.28. The van der Waals surface area contributed by atoms with E-state index in [1.807, 2.05) is 22.7 Å². The van der Waals surface area contributed by atoms with Gasteiger partial charge in [0, 0.05) is 0 Å². The summed E-state index contributed by atoms with van der Waals surface area (Å²) >= 11 is 3.95. The molecule has 0 atom stereocenters. The van der Waals surface area contributed by atoms with Crippen LogP contribution >= 0.6 is 22.7 Å². The molecular weight excluding hydrogens is 457 g/mol. The summed E-state index contributed by atoms with van der Waals surface area (Å²) in [4.78, 5) is 2.46. The SMILES string of the molecule is CC(C)[Si](c1ccc(C#Cc2ccc([Si](C(C)C)(C(C)C)C(C)C)s2)s1)(C(C)C)C(C)C. The van der Waals surface area contributed by atoms with Crippen molar-refractivity contribution in [1.29, 1.82) is 0 Å². The fourth-order valence-corrected chi connectivity index (χ4v) is 26.8. The molecule has 0 spiro atoms. The van der Waals surface area contributed by atoms with Crippen LogP contribution in [0.2, 0.25) is 33.2 Å². The van der Waals surface area contributed by atoms with Crippen molar-refractivity contribution in [3.63, 3.8) is 0 Å². The van der Waals surface area contributed by atoms with Crippen molar-refractivity contribution < 1.29 is 0 Å². The Bertz CT molecular complexity index is 814. The Kier molecular flexibility index (Phi) is 9.30. The molecule has 0 aliphatic heterocycles. The molecule has 2 aromatic heterocycles. The van der Waals surface area contributed by atoms with Crippen molar-refractivity contribution in [2.45, 2.75) is 116 Å². The fraction of sp³-hybridized carbons (Fsp3) is 0.643.